The van der Waals surface area contributed by atoms with Crippen molar-refractivity contribution in [2.75, 3.05) is 4.90 Å². The predicted octanol–water partition coefficient (Wildman–Crippen LogP) is 15.1. The zero-order valence-corrected chi connectivity index (χ0v) is 33.0. The molecule has 0 fully saturated rings. The van der Waals surface area contributed by atoms with E-state index in [1.807, 2.05) is 0 Å². The van der Waals surface area contributed by atoms with E-state index in [0.29, 0.717) is 0 Å². The highest BCUT2D eigenvalue weighted by atomic mass is 15.1. The Bertz CT molecular complexity index is 2910. The number of nitrogens with zero attached hydrogens (tertiary/aromatic N) is 1. The molecule has 1 heteroatoms. The monoisotopic (exact) mass is 731 g/mol. The molecule has 0 heterocycles. The van der Waals surface area contributed by atoms with E-state index < -0.39 is 5.41 Å². The van der Waals surface area contributed by atoms with Crippen LogP contribution in [-0.2, 0) is 10.8 Å². The van der Waals surface area contributed by atoms with Gasteiger partial charge in [-0.05, 0) is 120 Å². The van der Waals surface area contributed by atoms with Crippen LogP contribution < -0.4 is 4.90 Å². The highest BCUT2D eigenvalue weighted by molar-refractivity contribution is 6.01. The highest BCUT2D eigenvalue weighted by Crippen LogP contribution is 2.58. The summed E-state index contributed by atoms with van der Waals surface area (Å²) >= 11 is 0. The highest BCUT2D eigenvalue weighted by Gasteiger charge is 2.47. The van der Waals surface area contributed by atoms with Crippen LogP contribution in [0.1, 0.15) is 54.2 Å². The standard InChI is InChI=1S/C56H45N/c1-38-18-17-29-51-54(38)48-33-32-46(37-52(48)56(51,43-23-7-5-8-24-43)44-25-9-6-10-26-44)57(45-31-30-39-19-11-12-20-40(39)34-45)53-36-42-22-14-13-21-41(42)35-49(53)47-27-15-16-28-50(47)55(2,3)4/h5-37H,1-4H3. The van der Waals surface area contributed by atoms with Gasteiger partial charge < -0.3 is 4.90 Å². The van der Waals surface area contributed by atoms with E-state index in [1.54, 1.807) is 0 Å². The van der Waals surface area contributed by atoms with E-state index in [1.165, 1.54) is 77.2 Å². The summed E-state index contributed by atoms with van der Waals surface area (Å²) in [5.41, 5.74) is 15.7. The maximum absolute atomic E-state index is 2.52. The number of hydrogen-bond acceptors (Lipinski definition) is 1. The summed E-state index contributed by atoms with van der Waals surface area (Å²) in [6.07, 6.45) is 0. The number of aryl methyl sites for hydroxylation is 1. The van der Waals surface area contributed by atoms with Gasteiger partial charge in [0, 0.05) is 16.9 Å². The Labute approximate surface area is 336 Å². The number of benzene rings is 9. The molecular weight excluding hydrogens is 687 g/mol. The predicted molar refractivity (Wildman–Crippen MR) is 242 cm³/mol. The summed E-state index contributed by atoms with van der Waals surface area (Å²) in [6.45, 7) is 9.22. The summed E-state index contributed by atoms with van der Waals surface area (Å²) in [7, 11) is 0. The van der Waals surface area contributed by atoms with Gasteiger partial charge in [-0.15, -0.1) is 0 Å². The van der Waals surface area contributed by atoms with Crippen molar-refractivity contribution in [3.05, 3.63) is 234 Å². The maximum atomic E-state index is 2.52. The number of rotatable bonds is 6. The summed E-state index contributed by atoms with van der Waals surface area (Å²) < 4.78 is 0. The Kier molecular flexibility index (Phi) is 8.23. The minimum Gasteiger partial charge on any atom is -0.310 e. The van der Waals surface area contributed by atoms with Crippen molar-refractivity contribution in [3.63, 3.8) is 0 Å². The van der Waals surface area contributed by atoms with Crippen molar-refractivity contribution in [2.24, 2.45) is 0 Å². The topological polar surface area (TPSA) is 3.24 Å². The van der Waals surface area contributed by atoms with E-state index in [9.17, 15) is 0 Å². The Morgan fingerprint density at radius 2 is 0.965 bits per heavy atom. The van der Waals surface area contributed by atoms with Gasteiger partial charge in [-0.3, -0.25) is 0 Å². The van der Waals surface area contributed by atoms with Crippen LogP contribution in [0.3, 0.4) is 0 Å². The smallest absolute Gasteiger partial charge is 0.0714 e. The molecule has 0 N–H and O–H groups in total. The van der Waals surface area contributed by atoms with Crippen LogP contribution in [0.5, 0.6) is 0 Å². The first-order valence-electron chi connectivity index (χ1n) is 20.1. The van der Waals surface area contributed by atoms with Gasteiger partial charge in [0.1, 0.15) is 0 Å². The Balaban J connectivity index is 1.32. The van der Waals surface area contributed by atoms with E-state index in [4.69, 9.17) is 0 Å². The average molecular weight is 732 g/mol. The molecule has 0 atom stereocenters. The quantitative estimate of drug-likeness (QED) is 0.165. The van der Waals surface area contributed by atoms with Gasteiger partial charge in [-0.25, -0.2) is 0 Å². The molecule has 0 aromatic heterocycles. The number of fused-ring (bicyclic) bond motifs is 5. The molecule has 0 radical (unpaired) electrons. The normalized spacial score (nSPS) is 13.1. The SMILES string of the molecule is Cc1cccc2c1-c1ccc(N(c3ccc4ccccc4c3)c3cc4ccccc4cc3-c3ccccc3C(C)(C)C)cc1C2(c1ccccc1)c1ccccc1. The van der Waals surface area contributed by atoms with Crippen LogP contribution in [0.25, 0.3) is 43.8 Å². The average Bonchev–Trinajstić information content (AvgIpc) is 3.55. The minimum absolute atomic E-state index is 0.0601. The molecule has 10 rings (SSSR count). The molecule has 0 unspecified atom stereocenters. The van der Waals surface area contributed by atoms with E-state index in [0.717, 1.165) is 17.1 Å². The summed E-state index contributed by atoms with van der Waals surface area (Å²) in [4.78, 5) is 2.52. The van der Waals surface area contributed by atoms with Gasteiger partial charge in [0.15, 0.2) is 0 Å². The fraction of sp³-hybridized carbons (Fsp3) is 0.107. The van der Waals surface area contributed by atoms with Crippen molar-refractivity contribution in [1.82, 2.24) is 0 Å². The fourth-order valence-electron chi connectivity index (χ4n) is 9.59. The zero-order valence-electron chi connectivity index (χ0n) is 33.0. The van der Waals surface area contributed by atoms with Crippen LogP contribution in [0.2, 0.25) is 0 Å². The van der Waals surface area contributed by atoms with Crippen LogP contribution in [0, 0.1) is 6.92 Å². The fourth-order valence-corrected chi connectivity index (χ4v) is 9.59. The molecule has 274 valence electrons. The summed E-state index contributed by atoms with van der Waals surface area (Å²) in [6, 6.07) is 74.6. The Morgan fingerprint density at radius 1 is 0.404 bits per heavy atom. The van der Waals surface area contributed by atoms with E-state index in [-0.39, 0.29) is 5.41 Å². The lowest BCUT2D eigenvalue weighted by molar-refractivity contribution is 0.592. The Morgan fingerprint density at radius 3 is 1.65 bits per heavy atom. The zero-order chi connectivity index (χ0) is 38.7. The van der Waals surface area contributed by atoms with E-state index in [2.05, 4.69) is 233 Å². The lowest BCUT2D eigenvalue weighted by Crippen LogP contribution is -2.28. The second-order valence-corrected chi connectivity index (χ2v) is 16.6. The third-order valence-electron chi connectivity index (χ3n) is 12.1. The molecule has 0 amide bonds. The summed E-state index contributed by atoms with van der Waals surface area (Å²) in [5, 5.41) is 4.88. The first-order valence-corrected chi connectivity index (χ1v) is 20.1. The van der Waals surface area contributed by atoms with Gasteiger partial charge in [0.25, 0.3) is 0 Å². The first kappa shape index (κ1) is 34.8. The third kappa shape index (κ3) is 5.60. The molecule has 0 saturated heterocycles. The van der Waals surface area contributed by atoms with Crippen LogP contribution in [0.4, 0.5) is 17.1 Å². The third-order valence-corrected chi connectivity index (χ3v) is 12.1. The lowest BCUT2D eigenvalue weighted by atomic mass is 9.67. The number of hydrogen-bond donors (Lipinski definition) is 0. The number of anilines is 3. The molecule has 0 saturated carbocycles. The molecule has 1 aliphatic rings. The van der Waals surface area contributed by atoms with Crippen molar-refractivity contribution in [1.29, 1.82) is 0 Å². The van der Waals surface area contributed by atoms with Crippen molar-refractivity contribution < 1.29 is 0 Å². The molecule has 57 heavy (non-hydrogen) atoms. The van der Waals surface area contributed by atoms with Crippen LogP contribution in [0.15, 0.2) is 200 Å². The van der Waals surface area contributed by atoms with Crippen LogP contribution in [-0.4, -0.2) is 0 Å². The summed E-state index contributed by atoms with van der Waals surface area (Å²) in [5.74, 6) is 0. The van der Waals surface area contributed by atoms with Crippen molar-refractivity contribution >= 4 is 38.6 Å². The molecule has 9 aromatic rings. The van der Waals surface area contributed by atoms with Gasteiger partial charge >= 0.3 is 0 Å². The molecule has 9 aromatic carbocycles. The van der Waals surface area contributed by atoms with Crippen molar-refractivity contribution in [3.8, 4) is 22.3 Å². The van der Waals surface area contributed by atoms with Gasteiger partial charge in [-0.1, -0.05) is 185 Å². The van der Waals surface area contributed by atoms with Crippen LogP contribution >= 0.6 is 0 Å². The Hall–Kier alpha value is -6.70. The maximum Gasteiger partial charge on any atom is 0.0714 e. The van der Waals surface area contributed by atoms with Crippen molar-refractivity contribution in [2.45, 2.75) is 38.5 Å². The largest absolute Gasteiger partial charge is 0.310 e. The van der Waals surface area contributed by atoms with Gasteiger partial charge in [0.2, 0.25) is 0 Å². The first-order chi connectivity index (χ1) is 27.8. The molecule has 0 spiro atoms. The molecule has 0 aliphatic heterocycles. The molecule has 1 aliphatic carbocycles. The molecule has 0 bridgehead atoms. The minimum atomic E-state index is -0.519. The second kappa shape index (κ2) is 13.5. The lowest BCUT2D eigenvalue weighted by Gasteiger charge is -2.35. The van der Waals surface area contributed by atoms with E-state index >= 15 is 0 Å². The van der Waals surface area contributed by atoms with Gasteiger partial charge in [0.05, 0.1) is 11.1 Å². The molecule has 1 nitrogen and oxygen atoms in total. The molecular formula is C56H45N. The second-order valence-electron chi connectivity index (χ2n) is 16.6. The van der Waals surface area contributed by atoms with Gasteiger partial charge in [-0.2, -0.15) is 0 Å².